The quantitative estimate of drug-likeness (QED) is 0.942. The van der Waals surface area contributed by atoms with Gasteiger partial charge in [0.25, 0.3) is 0 Å². The minimum atomic E-state index is 0.195. The first kappa shape index (κ1) is 13.7. The van der Waals surface area contributed by atoms with E-state index < -0.39 is 0 Å². The molecule has 2 aromatic carbocycles. The van der Waals surface area contributed by atoms with Crippen LogP contribution in [-0.4, -0.2) is 30.6 Å². The van der Waals surface area contributed by atoms with Gasteiger partial charge in [-0.05, 0) is 30.9 Å². The molecule has 0 saturated carbocycles. The van der Waals surface area contributed by atoms with Crippen molar-refractivity contribution in [3.63, 3.8) is 0 Å². The number of hydrogen-bond donors (Lipinski definition) is 1. The number of nitrogens with two attached hydrogens (primary N) is 1. The highest BCUT2D eigenvalue weighted by atomic mass is 16.5. The maximum absolute atomic E-state index is 6.06. The summed E-state index contributed by atoms with van der Waals surface area (Å²) >= 11 is 0. The molecule has 21 heavy (non-hydrogen) atoms. The fourth-order valence-electron chi connectivity index (χ4n) is 3.15. The Kier molecular flexibility index (Phi) is 3.45. The second-order valence-corrected chi connectivity index (χ2v) is 5.62. The number of nitrogens with zero attached hydrogens (tertiary/aromatic N) is 2. The van der Waals surface area contributed by atoms with Gasteiger partial charge in [0.2, 0.25) is 0 Å². The summed E-state index contributed by atoms with van der Waals surface area (Å²) in [5.74, 6) is 1.53. The van der Waals surface area contributed by atoms with Crippen molar-refractivity contribution in [1.82, 2.24) is 4.90 Å². The molecular weight excluding hydrogens is 262 g/mol. The van der Waals surface area contributed by atoms with Gasteiger partial charge in [-0.1, -0.05) is 30.3 Å². The molecule has 0 spiro atoms. The summed E-state index contributed by atoms with van der Waals surface area (Å²) in [6.45, 7) is 5.00. The van der Waals surface area contributed by atoms with Gasteiger partial charge in [-0.2, -0.15) is 0 Å². The van der Waals surface area contributed by atoms with Gasteiger partial charge in [0, 0.05) is 11.4 Å². The first-order chi connectivity index (χ1) is 10.1. The summed E-state index contributed by atoms with van der Waals surface area (Å²) in [4.78, 5) is 6.62. The average Bonchev–Trinajstić information content (AvgIpc) is 2.87. The van der Waals surface area contributed by atoms with E-state index in [9.17, 15) is 0 Å². The number of ether oxygens (including phenoxy) is 1. The number of aliphatic imine (C=N–C) groups is 1. The molecule has 4 nitrogen and oxygen atoms in total. The summed E-state index contributed by atoms with van der Waals surface area (Å²) in [5, 5.41) is 2.34. The van der Waals surface area contributed by atoms with Crippen LogP contribution in [0.4, 0.5) is 0 Å². The van der Waals surface area contributed by atoms with E-state index in [-0.39, 0.29) is 6.04 Å². The highest BCUT2D eigenvalue weighted by Crippen LogP contribution is 2.36. The number of guanidine groups is 1. The molecule has 1 atom stereocenters. The van der Waals surface area contributed by atoms with E-state index in [1.165, 1.54) is 10.9 Å². The summed E-state index contributed by atoms with van der Waals surface area (Å²) in [6.07, 6.45) is 0. The zero-order valence-corrected chi connectivity index (χ0v) is 12.7. The Morgan fingerprint density at radius 3 is 2.57 bits per heavy atom. The second-order valence-electron chi connectivity index (χ2n) is 5.62. The average molecular weight is 283 g/mol. The third kappa shape index (κ3) is 2.20. The Bertz CT molecular complexity index is 693. The van der Waals surface area contributed by atoms with E-state index in [1.807, 2.05) is 12.1 Å². The first-order valence-corrected chi connectivity index (χ1v) is 7.27. The first-order valence-electron chi connectivity index (χ1n) is 7.27. The van der Waals surface area contributed by atoms with Crippen LogP contribution in [0.3, 0.4) is 0 Å². The fraction of sp³-hybridized carbons (Fsp3) is 0.353. The predicted molar refractivity (Wildman–Crippen MR) is 86.7 cm³/mol. The van der Waals surface area contributed by atoms with Crippen molar-refractivity contribution < 1.29 is 4.74 Å². The van der Waals surface area contributed by atoms with Crippen LogP contribution in [0.2, 0.25) is 0 Å². The van der Waals surface area contributed by atoms with E-state index in [0.29, 0.717) is 18.5 Å². The molecular formula is C17H21N3O. The van der Waals surface area contributed by atoms with E-state index in [0.717, 1.165) is 11.1 Å². The van der Waals surface area contributed by atoms with Gasteiger partial charge in [0.05, 0.1) is 19.7 Å². The third-order valence-electron chi connectivity index (χ3n) is 4.08. The smallest absolute Gasteiger partial charge is 0.192 e. The number of fused-ring (bicyclic) bond motifs is 1. The SMILES string of the molecule is COc1ccc(C2CN=C(N)N2C(C)C)c2ccccc12. The Labute approximate surface area is 125 Å². The van der Waals surface area contributed by atoms with E-state index in [4.69, 9.17) is 10.5 Å². The van der Waals surface area contributed by atoms with Crippen LogP contribution >= 0.6 is 0 Å². The molecule has 0 bridgehead atoms. The molecule has 0 amide bonds. The topological polar surface area (TPSA) is 50.9 Å². The molecule has 4 heteroatoms. The molecule has 0 saturated heterocycles. The largest absolute Gasteiger partial charge is 0.496 e. The number of benzene rings is 2. The molecule has 1 aliphatic heterocycles. The predicted octanol–water partition coefficient (Wildman–Crippen LogP) is 2.93. The second kappa shape index (κ2) is 5.28. The molecule has 1 unspecified atom stereocenters. The van der Waals surface area contributed by atoms with Gasteiger partial charge < -0.3 is 15.4 Å². The fourth-order valence-corrected chi connectivity index (χ4v) is 3.15. The van der Waals surface area contributed by atoms with Crippen LogP contribution in [0.25, 0.3) is 10.8 Å². The van der Waals surface area contributed by atoms with Crippen molar-refractivity contribution in [2.24, 2.45) is 10.7 Å². The third-order valence-corrected chi connectivity index (χ3v) is 4.08. The Morgan fingerprint density at radius 2 is 1.90 bits per heavy atom. The summed E-state index contributed by atoms with van der Waals surface area (Å²) in [7, 11) is 1.71. The lowest BCUT2D eigenvalue weighted by Crippen LogP contribution is -2.41. The van der Waals surface area contributed by atoms with Crippen molar-refractivity contribution in [3.8, 4) is 5.75 Å². The molecule has 0 aliphatic carbocycles. The maximum Gasteiger partial charge on any atom is 0.192 e. The number of methoxy groups -OCH3 is 1. The molecule has 2 aromatic rings. The molecule has 0 fully saturated rings. The number of rotatable bonds is 3. The standard InChI is InChI=1S/C17H21N3O/c1-11(2)20-15(10-19-17(20)18)13-8-9-16(21-3)14-7-5-4-6-12(13)14/h4-9,11,15H,10H2,1-3H3,(H2,18,19). The van der Waals surface area contributed by atoms with Crippen molar-refractivity contribution in [2.75, 3.05) is 13.7 Å². The normalized spacial score (nSPS) is 18.4. The molecule has 1 heterocycles. The van der Waals surface area contributed by atoms with Crippen molar-refractivity contribution in [3.05, 3.63) is 42.0 Å². The molecule has 3 rings (SSSR count). The summed E-state index contributed by atoms with van der Waals surface area (Å²) in [6, 6.07) is 13.0. The van der Waals surface area contributed by atoms with E-state index in [2.05, 4.69) is 48.0 Å². The van der Waals surface area contributed by atoms with Crippen LogP contribution in [0, 0.1) is 0 Å². The Morgan fingerprint density at radius 1 is 1.19 bits per heavy atom. The van der Waals surface area contributed by atoms with Gasteiger partial charge in [-0.25, -0.2) is 0 Å². The zero-order valence-electron chi connectivity index (χ0n) is 12.7. The Hall–Kier alpha value is -2.23. The highest BCUT2D eigenvalue weighted by molar-refractivity contribution is 5.92. The van der Waals surface area contributed by atoms with Crippen LogP contribution in [0.5, 0.6) is 5.75 Å². The number of hydrogen-bond acceptors (Lipinski definition) is 4. The minimum absolute atomic E-state index is 0.195. The van der Waals surface area contributed by atoms with E-state index >= 15 is 0 Å². The van der Waals surface area contributed by atoms with Crippen molar-refractivity contribution in [1.29, 1.82) is 0 Å². The summed E-state index contributed by atoms with van der Waals surface area (Å²) < 4.78 is 5.47. The van der Waals surface area contributed by atoms with Crippen LogP contribution in [0.1, 0.15) is 25.5 Å². The van der Waals surface area contributed by atoms with Gasteiger partial charge in [-0.15, -0.1) is 0 Å². The lowest BCUT2D eigenvalue weighted by Gasteiger charge is -2.31. The lowest BCUT2D eigenvalue weighted by molar-refractivity contribution is 0.291. The zero-order chi connectivity index (χ0) is 15.0. The molecule has 0 radical (unpaired) electrons. The molecule has 110 valence electrons. The summed E-state index contributed by atoms with van der Waals surface area (Å²) in [5.41, 5.74) is 7.31. The minimum Gasteiger partial charge on any atom is -0.496 e. The molecule has 0 aromatic heterocycles. The maximum atomic E-state index is 6.06. The van der Waals surface area contributed by atoms with Gasteiger partial charge in [0.1, 0.15) is 5.75 Å². The van der Waals surface area contributed by atoms with Gasteiger partial charge in [-0.3, -0.25) is 4.99 Å². The van der Waals surface area contributed by atoms with E-state index in [1.54, 1.807) is 7.11 Å². The Balaban J connectivity index is 2.14. The lowest BCUT2D eigenvalue weighted by atomic mass is 9.97. The monoisotopic (exact) mass is 283 g/mol. The highest BCUT2D eigenvalue weighted by Gasteiger charge is 2.30. The van der Waals surface area contributed by atoms with Gasteiger partial charge >= 0.3 is 0 Å². The van der Waals surface area contributed by atoms with Crippen molar-refractivity contribution >= 4 is 16.7 Å². The van der Waals surface area contributed by atoms with Crippen molar-refractivity contribution in [2.45, 2.75) is 25.9 Å². The van der Waals surface area contributed by atoms with Gasteiger partial charge in [0.15, 0.2) is 5.96 Å². The van der Waals surface area contributed by atoms with Crippen LogP contribution in [0.15, 0.2) is 41.4 Å². The molecule has 2 N–H and O–H groups in total. The molecule has 1 aliphatic rings. The van der Waals surface area contributed by atoms with Crippen LogP contribution < -0.4 is 10.5 Å². The van der Waals surface area contributed by atoms with Crippen LogP contribution in [-0.2, 0) is 0 Å².